The van der Waals surface area contributed by atoms with Crippen LogP contribution in [0.3, 0.4) is 0 Å². The highest BCUT2D eigenvalue weighted by Gasteiger charge is 2.03. The van der Waals surface area contributed by atoms with Crippen LogP contribution in [0.4, 0.5) is 0 Å². The Kier molecular flexibility index (Phi) is 32.3. The van der Waals surface area contributed by atoms with Crippen molar-refractivity contribution in [2.24, 2.45) is 0 Å². The molecule has 0 aromatic heterocycles. The molecule has 2 aromatic carbocycles. The minimum Gasteiger partial charge on any atom is -0.103 e. The van der Waals surface area contributed by atoms with Crippen LogP contribution in [0.1, 0.15) is 103 Å². The molecule has 0 aliphatic heterocycles. The van der Waals surface area contributed by atoms with E-state index in [4.69, 9.17) is 0 Å². The van der Waals surface area contributed by atoms with Gasteiger partial charge in [0, 0.05) is 0 Å². The molecule has 0 unspecified atom stereocenters. The maximum Gasteiger partial charge on any atom is -0.0149 e. The van der Waals surface area contributed by atoms with Crippen LogP contribution >= 0.6 is 0 Å². The third-order valence-corrected chi connectivity index (χ3v) is 3.74. The maximum atomic E-state index is 3.36. The van der Waals surface area contributed by atoms with Crippen LogP contribution in [0.25, 0.3) is 10.8 Å². The minimum absolute atomic E-state index is 1.25. The Balaban J connectivity index is -0.000000176. The molecule has 0 radical (unpaired) electrons. The number of unbranched alkanes of at least 4 members (excludes halogenated alkanes) is 2. The highest BCUT2D eigenvalue weighted by Crippen LogP contribution is 2.25. The maximum absolute atomic E-state index is 3.36. The lowest BCUT2D eigenvalue weighted by atomic mass is 9.96. The molecule has 0 amide bonds. The summed E-state index contributed by atoms with van der Waals surface area (Å²) in [6, 6.07) is 8.97. The Morgan fingerprint density at radius 2 is 1.10 bits per heavy atom. The van der Waals surface area contributed by atoms with Gasteiger partial charge < -0.3 is 0 Å². The molecular weight excluding hydrogens is 360 g/mol. The van der Waals surface area contributed by atoms with Gasteiger partial charge in [0.05, 0.1) is 0 Å². The Bertz CT molecular complexity index is 624. The van der Waals surface area contributed by atoms with Crippen molar-refractivity contribution in [1.82, 2.24) is 0 Å². The van der Waals surface area contributed by atoms with Gasteiger partial charge in [0.15, 0.2) is 0 Å². The first kappa shape index (κ1) is 35.6. The summed E-state index contributed by atoms with van der Waals surface area (Å²) in [6.07, 6.45) is 8.83. The van der Waals surface area contributed by atoms with Gasteiger partial charge in [-0.3, -0.25) is 0 Å². The second-order valence-corrected chi connectivity index (χ2v) is 7.06. The van der Waals surface area contributed by atoms with E-state index in [1.165, 1.54) is 58.7 Å². The molecule has 0 saturated heterocycles. The molecule has 0 saturated carbocycles. The van der Waals surface area contributed by atoms with E-state index >= 15 is 0 Å². The minimum atomic E-state index is 1.25. The molecule has 0 aliphatic rings. The van der Waals surface area contributed by atoms with Gasteiger partial charge in [0.2, 0.25) is 0 Å². The lowest BCUT2D eigenvalue weighted by Gasteiger charge is -2.09. The molecule has 2 aromatic rings. The van der Waals surface area contributed by atoms with E-state index in [1.807, 2.05) is 27.7 Å². The van der Waals surface area contributed by atoms with Crippen molar-refractivity contribution in [2.75, 3.05) is 0 Å². The van der Waals surface area contributed by atoms with Crippen LogP contribution in [0.5, 0.6) is 0 Å². The highest BCUT2D eigenvalue weighted by molar-refractivity contribution is 5.89. The van der Waals surface area contributed by atoms with Gasteiger partial charge in [0.1, 0.15) is 0 Å². The Labute approximate surface area is 191 Å². The van der Waals surface area contributed by atoms with Crippen LogP contribution in [-0.2, 0) is 0 Å². The molecule has 0 atom stereocenters. The van der Waals surface area contributed by atoms with E-state index in [0.717, 1.165) is 0 Å². The van der Waals surface area contributed by atoms with Gasteiger partial charge in [-0.15, -0.1) is 13.2 Å². The zero-order chi connectivity index (χ0) is 24.5. The van der Waals surface area contributed by atoms with Gasteiger partial charge in [-0.25, -0.2) is 0 Å². The topological polar surface area (TPSA) is 0 Å². The van der Waals surface area contributed by atoms with E-state index in [1.54, 1.807) is 12.2 Å². The molecule has 30 heavy (non-hydrogen) atoms. The summed E-state index contributed by atoms with van der Waals surface area (Å²) in [4.78, 5) is 0. The number of fused-ring (bicyclic) bond motifs is 1. The summed E-state index contributed by atoms with van der Waals surface area (Å²) in [6.45, 7) is 31.9. The fourth-order valence-corrected chi connectivity index (χ4v) is 2.39. The Morgan fingerprint density at radius 3 is 1.43 bits per heavy atom. The van der Waals surface area contributed by atoms with Crippen LogP contribution in [0, 0.1) is 27.7 Å². The lowest BCUT2D eigenvalue weighted by molar-refractivity contribution is 0.772. The van der Waals surface area contributed by atoms with Gasteiger partial charge in [0.25, 0.3) is 0 Å². The van der Waals surface area contributed by atoms with Crippen LogP contribution < -0.4 is 0 Å². The molecule has 174 valence electrons. The SMILES string of the molecule is C=CC.C=CC.CC.CCC.CCCCC.Cc1ccc2c(C)c(C)cc(C)c2c1. The fraction of sp³-hybridized carbons (Fsp3) is 0.533. The standard InChI is InChI=1S/C14H16.C5H12.C3H8.2C3H6.C2H6/c1-9-5-6-13-12(4)10(2)8-11(3)14(13)7-9;1-3-5-4-2;3*1-3-2;1-2/h5-8H,1-4H3;3-5H2,1-2H3;3H2,1-2H3;2*3H,1H2,2H3;1-2H3. The zero-order valence-corrected chi connectivity index (χ0v) is 22.7. The number of hydrogen-bond acceptors (Lipinski definition) is 0. The number of hydrogen-bond donors (Lipinski definition) is 0. The first-order valence-electron chi connectivity index (χ1n) is 11.9. The molecule has 0 fully saturated rings. The number of rotatable bonds is 2. The van der Waals surface area contributed by atoms with E-state index in [9.17, 15) is 0 Å². The third kappa shape index (κ3) is 19.5. The molecule has 0 aliphatic carbocycles. The molecule has 0 nitrogen and oxygen atoms in total. The lowest BCUT2D eigenvalue weighted by Crippen LogP contribution is -1.88. The van der Waals surface area contributed by atoms with Crippen LogP contribution in [0.2, 0.25) is 0 Å². The normalized spacial score (nSPS) is 8.13. The number of aryl methyl sites for hydroxylation is 4. The van der Waals surface area contributed by atoms with Crippen molar-refractivity contribution in [3.8, 4) is 0 Å². The summed E-state index contributed by atoms with van der Waals surface area (Å²) >= 11 is 0. The first-order chi connectivity index (χ1) is 14.2. The van der Waals surface area contributed by atoms with Crippen molar-refractivity contribution in [3.63, 3.8) is 0 Å². The van der Waals surface area contributed by atoms with Gasteiger partial charge in [-0.1, -0.05) is 109 Å². The van der Waals surface area contributed by atoms with Crippen molar-refractivity contribution >= 4 is 10.8 Å². The summed E-state index contributed by atoms with van der Waals surface area (Å²) in [5, 5.41) is 2.79. The Hall–Kier alpha value is -1.82. The fourth-order valence-electron chi connectivity index (χ4n) is 2.39. The van der Waals surface area contributed by atoms with Gasteiger partial charge >= 0.3 is 0 Å². The smallest absolute Gasteiger partial charge is 0.0149 e. The predicted octanol–water partition coefficient (Wildman–Crippen LogP) is 11.1. The third-order valence-electron chi connectivity index (χ3n) is 3.74. The Morgan fingerprint density at radius 1 is 0.700 bits per heavy atom. The monoisotopic (exact) mass is 414 g/mol. The van der Waals surface area contributed by atoms with Crippen molar-refractivity contribution in [1.29, 1.82) is 0 Å². The van der Waals surface area contributed by atoms with Crippen molar-refractivity contribution in [3.05, 3.63) is 71.8 Å². The van der Waals surface area contributed by atoms with E-state index < -0.39 is 0 Å². The van der Waals surface area contributed by atoms with Crippen LogP contribution in [0.15, 0.2) is 49.6 Å². The zero-order valence-electron chi connectivity index (χ0n) is 22.7. The molecule has 0 heteroatoms. The highest BCUT2D eigenvalue weighted by atomic mass is 14.1. The van der Waals surface area contributed by atoms with Gasteiger partial charge in [-0.2, -0.15) is 0 Å². The average Bonchev–Trinajstić information content (AvgIpc) is 2.71. The van der Waals surface area contributed by atoms with E-state index in [0.29, 0.717) is 0 Å². The number of allylic oxidation sites excluding steroid dienone is 2. The molecule has 0 spiro atoms. The second kappa shape index (κ2) is 27.2. The van der Waals surface area contributed by atoms with Crippen molar-refractivity contribution < 1.29 is 0 Å². The van der Waals surface area contributed by atoms with E-state index in [2.05, 4.69) is 92.8 Å². The number of benzene rings is 2. The molecular formula is C30H54. The van der Waals surface area contributed by atoms with E-state index in [-0.39, 0.29) is 0 Å². The summed E-state index contributed by atoms with van der Waals surface area (Å²) in [5.74, 6) is 0. The van der Waals surface area contributed by atoms with Crippen LogP contribution in [-0.4, -0.2) is 0 Å². The average molecular weight is 415 g/mol. The second-order valence-electron chi connectivity index (χ2n) is 7.06. The van der Waals surface area contributed by atoms with Crippen molar-refractivity contribution in [2.45, 2.75) is 109 Å². The summed E-state index contributed by atoms with van der Waals surface area (Å²) < 4.78 is 0. The predicted molar refractivity (Wildman–Crippen MR) is 147 cm³/mol. The molecule has 0 bridgehead atoms. The quantitative estimate of drug-likeness (QED) is 0.428. The largest absolute Gasteiger partial charge is 0.103 e. The first-order valence-corrected chi connectivity index (χ1v) is 11.9. The molecule has 0 heterocycles. The molecule has 0 N–H and O–H groups in total. The summed E-state index contributed by atoms with van der Waals surface area (Å²) in [7, 11) is 0. The summed E-state index contributed by atoms with van der Waals surface area (Å²) in [5.41, 5.74) is 5.51. The van der Waals surface area contributed by atoms with Gasteiger partial charge in [-0.05, 0) is 69.0 Å². The molecule has 2 rings (SSSR count).